The van der Waals surface area contributed by atoms with Gasteiger partial charge >= 0.3 is 6.03 Å². The minimum Gasteiger partial charge on any atom is -0.352 e. The van der Waals surface area contributed by atoms with Crippen LogP contribution in [-0.4, -0.2) is 57.7 Å². The Hall–Kier alpha value is -2.83. The summed E-state index contributed by atoms with van der Waals surface area (Å²) in [4.78, 5) is 29.3. The number of likely N-dealkylation sites (tertiary alicyclic amines) is 2. The van der Waals surface area contributed by atoms with Crippen LogP contribution in [0.2, 0.25) is 0 Å². The van der Waals surface area contributed by atoms with Crippen LogP contribution in [0, 0.1) is 5.92 Å². The molecule has 3 amide bonds. The van der Waals surface area contributed by atoms with Crippen LogP contribution in [0.5, 0.6) is 0 Å². The molecule has 2 saturated heterocycles. The summed E-state index contributed by atoms with van der Waals surface area (Å²) in [5.74, 6) is -0.0913. The van der Waals surface area contributed by atoms with E-state index in [0.29, 0.717) is 19.6 Å². The van der Waals surface area contributed by atoms with Gasteiger partial charge in [0.2, 0.25) is 5.91 Å². The fraction of sp³-hybridized carbons (Fsp3) is 0.500. The van der Waals surface area contributed by atoms with Gasteiger partial charge in [-0.15, -0.1) is 0 Å². The summed E-state index contributed by atoms with van der Waals surface area (Å²) >= 11 is 0. The highest BCUT2D eigenvalue weighted by Gasteiger charge is 2.31. The van der Waals surface area contributed by atoms with E-state index >= 15 is 0 Å². The minimum atomic E-state index is -0.131. The number of benzene rings is 1. The third kappa shape index (κ3) is 4.78. The van der Waals surface area contributed by atoms with Crippen LogP contribution in [0.15, 0.2) is 42.7 Å². The summed E-state index contributed by atoms with van der Waals surface area (Å²) < 4.78 is 1.88. The van der Waals surface area contributed by atoms with E-state index in [1.54, 1.807) is 6.20 Å². The molecule has 3 heterocycles. The highest BCUT2D eigenvalue weighted by molar-refractivity contribution is 5.81. The average molecular weight is 396 g/mol. The van der Waals surface area contributed by atoms with Crippen molar-refractivity contribution in [1.29, 1.82) is 0 Å². The van der Waals surface area contributed by atoms with Gasteiger partial charge in [-0.05, 0) is 42.9 Å². The second-order valence-electron chi connectivity index (χ2n) is 7.95. The zero-order chi connectivity index (χ0) is 20.1. The average Bonchev–Trinajstić information content (AvgIpc) is 3.47. The Balaban J connectivity index is 1.33. The zero-order valence-corrected chi connectivity index (χ0v) is 16.8. The molecule has 1 aromatic carbocycles. The van der Waals surface area contributed by atoms with Crippen LogP contribution < -0.4 is 5.32 Å². The first kappa shape index (κ1) is 19.5. The van der Waals surface area contributed by atoms with Gasteiger partial charge in [0.15, 0.2) is 0 Å². The molecule has 7 nitrogen and oxygen atoms in total. The van der Waals surface area contributed by atoms with Crippen LogP contribution in [-0.2, 0) is 17.9 Å². The van der Waals surface area contributed by atoms with Gasteiger partial charge in [-0.25, -0.2) is 4.79 Å². The molecular formula is C22H29N5O2. The van der Waals surface area contributed by atoms with E-state index in [0.717, 1.165) is 56.4 Å². The fourth-order valence-corrected chi connectivity index (χ4v) is 4.25. The molecule has 4 rings (SSSR count). The smallest absolute Gasteiger partial charge is 0.320 e. The minimum absolute atomic E-state index is 0.0396. The second-order valence-corrected chi connectivity index (χ2v) is 7.95. The molecule has 2 aliphatic heterocycles. The lowest BCUT2D eigenvalue weighted by atomic mass is 9.97. The highest BCUT2D eigenvalue weighted by Crippen LogP contribution is 2.20. The van der Waals surface area contributed by atoms with E-state index in [1.165, 1.54) is 0 Å². The number of hydrogen-bond acceptors (Lipinski definition) is 3. The van der Waals surface area contributed by atoms with E-state index in [-0.39, 0.29) is 17.9 Å². The molecule has 1 N–H and O–H groups in total. The summed E-state index contributed by atoms with van der Waals surface area (Å²) in [6.07, 6.45) is 7.59. The van der Waals surface area contributed by atoms with E-state index < -0.39 is 0 Å². The highest BCUT2D eigenvalue weighted by atomic mass is 16.2. The number of aromatic nitrogens is 2. The molecular weight excluding hydrogens is 366 g/mol. The third-order valence-electron chi connectivity index (χ3n) is 5.90. The number of nitrogens with zero attached hydrogens (tertiary/aromatic N) is 4. The van der Waals surface area contributed by atoms with Gasteiger partial charge in [0.25, 0.3) is 0 Å². The van der Waals surface area contributed by atoms with Crippen molar-refractivity contribution >= 4 is 11.9 Å². The SMILES string of the molecule is O=C(NCc1ccccc1Cn1cccn1)C1CCCN(C(=O)N2CCCC2)C1. The number of urea groups is 1. The first-order valence-electron chi connectivity index (χ1n) is 10.6. The predicted octanol–water partition coefficient (Wildman–Crippen LogP) is 2.48. The molecule has 1 aromatic heterocycles. The molecule has 29 heavy (non-hydrogen) atoms. The lowest BCUT2D eigenvalue weighted by Crippen LogP contribution is -2.49. The van der Waals surface area contributed by atoms with Crippen molar-refractivity contribution in [2.24, 2.45) is 5.92 Å². The molecule has 154 valence electrons. The van der Waals surface area contributed by atoms with Gasteiger partial charge in [-0.1, -0.05) is 24.3 Å². The lowest BCUT2D eigenvalue weighted by molar-refractivity contribution is -0.126. The van der Waals surface area contributed by atoms with Crippen molar-refractivity contribution in [2.75, 3.05) is 26.2 Å². The number of piperidine rings is 1. The Labute approximate surface area is 171 Å². The summed E-state index contributed by atoms with van der Waals surface area (Å²) in [6.45, 7) is 4.15. The number of carbonyl (C=O) groups is 2. The van der Waals surface area contributed by atoms with Gasteiger partial charge in [-0.2, -0.15) is 5.10 Å². The van der Waals surface area contributed by atoms with Gasteiger partial charge < -0.3 is 15.1 Å². The van der Waals surface area contributed by atoms with E-state index in [4.69, 9.17) is 0 Å². The molecule has 0 bridgehead atoms. The van der Waals surface area contributed by atoms with Crippen molar-refractivity contribution in [1.82, 2.24) is 24.9 Å². The van der Waals surface area contributed by atoms with Crippen LogP contribution in [0.1, 0.15) is 36.8 Å². The molecule has 0 saturated carbocycles. The lowest BCUT2D eigenvalue weighted by Gasteiger charge is -2.34. The quantitative estimate of drug-likeness (QED) is 0.846. The number of carbonyl (C=O) groups excluding carboxylic acids is 2. The summed E-state index contributed by atoms with van der Waals surface area (Å²) in [5.41, 5.74) is 2.24. The van der Waals surface area contributed by atoms with Gasteiger partial charge in [0, 0.05) is 45.1 Å². The largest absolute Gasteiger partial charge is 0.352 e. The van der Waals surface area contributed by atoms with Gasteiger partial charge in [-0.3, -0.25) is 9.48 Å². The van der Waals surface area contributed by atoms with Crippen LogP contribution in [0.25, 0.3) is 0 Å². The van der Waals surface area contributed by atoms with Crippen molar-refractivity contribution in [3.05, 3.63) is 53.9 Å². The topological polar surface area (TPSA) is 70.5 Å². The fourth-order valence-electron chi connectivity index (χ4n) is 4.25. The normalized spacial score (nSPS) is 19.4. The Kier molecular flexibility index (Phi) is 6.12. The molecule has 0 radical (unpaired) electrons. The molecule has 7 heteroatoms. The number of amides is 3. The molecule has 1 unspecified atom stereocenters. The predicted molar refractivity (Wildman–Crippen MR) is 110 cm³/mol. The summed E-state index contributed by atoms with van der Waals surface area (Å²) in [6, 6.07) is 10.1. The maximum absolute atomic E-state index is 12.8. The Morgan fingerprint density at radius 1 is 1.00 bits per heavy atom. The van der Waals surface area contributed by atoms with Gasteiger partial charge in [0.05, 0.1) is 12.5 Å². The Morgan fingerprint density at radius 2 is 1.76 bits per heavy atom. The first-order valence-corrected chi connectivity index (χ1v) is 10.6. The summed E-state index contributed by atoms with van der Waals surface area (Å²) in [7, 11) is 0. The van der Waals surface area contributed by atoms with Crippen molar-refractivity contribution in [2.45, 2.75) is 38.8 Å². The maximum Gasteiger partial charge on any atom is 0.320 e. The van der Waals surface area contributed by atoms with Crippen LogP contribution in [0.3, 0.4) is 0 Å². The van der Waals surface area contributed by atoms with Crippen molar-refractivity contribution < 1.29 is 9.59 Å². The molecule has 0 aliphatic carbocycles. The Bertz CT molecular complexity index is 829. The standard InChI is InChI=1S/C22H29N5O2/c28-21(20-9-5-13-26(16-20)22(29)25-11-3-4-12-25)23-15-18-7-1-2-8-19(18)17-27-14-6-10-24-27/h1-2,6-8,10,14,20H,3-5,9,11-13,15-17H2,(H,23,28). The molecule has 1 atom stereocenters. The molecule has 2 fully saturated rings. The monoisotopic (exact) mass is 395 g/mol. The third-order valence-corrected chi connectivity index (χ3v) is 5.90. The molecule has 2 aromatic rings. The number of rotatable bonds is 5. The van der Waals surface area contributed by atoms with Crippen LogP contribution in [0.4, 0.5) is 4.79 Å². The van der Waals surface area contributed by atoms with Crippen molar-refractivity contribution in [3.8, 4) is 0 Å². The van der Waals surface area contributed by atoms with E-state index in [1.807, 2.05) is 44.9 Å². The van der Waals surface area contributed by atoms with E-state index in [2.05, 4.69) is 16.5 Å². The molecule has 0 spiro atoms. The first-order chi connectivity index (χ1) is 14.2. The van der Waals surface area contributed by atoms with Gasteiger partial charge in [0.1, 0.15) is 0 Å². The molecule has 2 aliphatic rings. The second kappa shape index (κ2) is 9.11. The maximum atomic E-state index is 12.8. The Morgan fingerprint density at radius 3 is 2.52 bits per heavy atom. The van der Waals surface area contributed by atoms with Crippen molar-refractivity contribution in [3.63, 3.8) is 0 Å². The van der Waals surface area contributed by atoms with Crippen LogP contribution >= 0.6 is 0 Å². The number of hydrogen-bond donors (Lipinski definition) is 1. The van der Waals surface area contributed by atoms with E-state index in [9.17, 15) is 9.59 Å². The zero-order valence-electron chi connectivity index (χ0n) is 16.8. The summed E-state index contributed by atoms with van der Waals surface area (Å²) in [5, 5.41) is 7.36. The number of nitrogens with one attached hydrogen (secondary N) is 1.